The summed E-state index contributed by atoms with van der Waals surface area (Å²) in [5.41, 5.74) is 0.462. The van der Waals surface area contributed by atoms with Gasteiger partial charge in [-0.3, -0.25) is 14.6 Å². The van der Waals surface area contributed by atoms with E-state index in [9.17, 15) is 18.0 Å². The number of rotatable bonds is 12. The minimum atomic E-state index is -4.00. The summed E-state index contributed by atoms with van der Waals surface area (Å²) >= 11 is 0. The second-order valence-corrected chi connectivity index (χ2v) is 14.4. The SMILES string of the molecule is CC(C)CC(NS(=O)(=O)c1ccc2occc2c1)C(=O)NC(C)(C)CN(Cc1ccncc1)C(=O)CC(C)(C)C. The summed E-state index contributed by atoms with van der Waals surface area (Å²) in [6.45, 7) is 14.2. The van der Waals surface area contributed by atoms with Gasteiger partial charge in [0.1, 0.15) is 11.6 Å². The van der Waals surface area contributed by atoms with Crippen LogP contribution >= 0.6 is 0 Å². The lowest BCUT2D eigenvalue weighted by Gasteiger charge is -2.36. The molecule has 2 amide bonds. The largest absolute Gasteiger partial charge is 0.464 e. The van der Waals surface area contributed by atoms with Crippen molar-refractivity contribution in [3.63, 3.8) is 0 Å². The Labute approximate surface area is 237 Å². The zero-order valence-electron chi connectivity index (χ0n) is 24.5. The third-order valence-electron chi connectivity index (χ3n) is 6.26. The van der Waals surface area contributed by atoms with Crippen LogP contribution in [0.4, 0.5) is 0 Å². The number of carbonyl (C=O) groups excluding carboxylic acids is 2. The summed E-state index contributed by atoms with van der Waals surface area (Å²) in [6.07, 6.45) is 5.51. The summed E-state index contributed by atoms with van der Waals surface area (Å²) < 4.78 is 34.5. The van der Waals surface area contributed by atoms with Crippen molar-refractivity contribution >= 4 is 32.8 Å². The number of furan rings is 1. The molecule has 1 atom stereocenters. The molecule has 3 rings (SSSR count). The molecule has 218 valence electrons. The number of hydrogen-bond donors (Lipinski definition) is 2. The molecule has 2 aromatic heterocycles. The first-order chi connectivity index (χ1) is 18.5. The third-order valence-corrected chi connectivity index (χ3v) is 7.73. The van der Waals surface area contributed by atoms with Gasteiger partial charge in [-0.15, -0.1) is 0 Å². The summed E-state index contributed by atoms with van der Waals surface area (Å²) in [6, 6.07) is 8.98. The second-order valence-electron chi connectivity index (χ2n) is 12.6. The Morgan fingerprint density at radius 2 is 1.70 bits per heavy atom. The molecule has 0 aliphatic heterocycles. The number of carbonyl (C=O) groups is 2. The van der Waals surface area contributed by atoms with Gasteiger partial charge in [-0.2, -0.15) is 4.72 Å². The maximum Gasteiger partial charge on any atom is 0.241 e. The molecule has 0 radical (unpaired) electrons. The standard InChI is InChI=1S/C30H42N4O5S/c1-21(2)16-25(33-40(37,38)24-8-9-26-23(17-24)12-15-39-26)28(36)32-30(6,7)20-34(27(35)18-29(3,4)5)19-22-10-13-31-14-11-22/h8-15,17,21,25,33H,16,18-20H2,1-7H3,(H,32,36). The van der Waals surface area contributed by atoms with Crippen LogP contribution in [0.3, 0.4) is 0 Å². The van der Waals surface area contributed by atoms with E-state index in [0.29, 0.717) is 30.4 Å². The number of nitrogens with zero attached hydrogens (tertiary/aromatic N) is 2. The minimum absolute atomic E-state index is 0.0271. The first kappa shape index (κ1) is 31.3. The number of pyridine rings is 1. The lowest BCUT2D eigenvalue weighted by Crippen LogP contribution is -2.57. The van der Waals surface area contributed by atoms with Crippen molar-refractivity contribution in [1.29, 1.82) is 0 Å². The van der Waals surface area contributed by atoms with Gasteiger partial charge in [0, 0.05) is 37.3 Å². The first-order valence-electron chi connectivity index (χ1n) is 13.5. The van der Waals surface area contributed by atoms with Gasteiger partial charge in [0.25, 0.3) is 0 Å². The highest BCUT2D eigenvalue weighted by Crippen LogP contribution is 2.23. The first-order valence-corrected chi connectivity index (χ1v) is 15.0. The van der Waals surface area contributed by atoms with Crippen molar-refractivity contribution in [3.05, 3.63) is 60.6 Å². The Bertz CT molecular complexity index is 1410. The molecule has 1 aromatic carbocycles. The minimum Gasteiger partial charge on any atom is -0.464 e. The monoisotopic (exact) mass is 570 g/mol. The van der Waals surface area contributed by atoms with Crippen LogP contribution in [0.25, 0.3) is 11.0 Å². The smallest absolute Gasteiger partial charge is 0.241 e. The number of benzene rings is 1. The van der Waals surface area contributed by atoms with E-state index >= 15 is 0 Å². The molecule has 0 spiro atoms. The Balaban J connectivity index is 1.79. The predicted molar refractivity (Wildman–Crippen MR) is 156 cm³/mol. The maximum absolute atomic E-state index is 13.5. The fraction of sp³-hybridized carbons (Fsp3) is 0.500. The third kappa shape index (κ3) is 9.16. The van der Waals surface area contributed by atoms with Gasteiger partial charge in [0.15, 0.2) is 0 Å². The van der Waals surface area contributed by atoms with E-state index in [-0.39, 0.29) is 28.7 Å². The Hall–Kier alpha value is -3.24. The molecule has 0 fully saturated rings. The summed E-state index contributed by atoms with van der Waals surface area (Å²) in [5, 5.41) is 3.66. The van der Waals surface area contributed by atoms with E-state index in [0.717, 1.165) is 5.56 Å². The van der Waals surface area contributed by atoms with Crippen LogP contribution in [0, 0.1) is 11.3 Å². The lowest BCUT2D eigenvalue weighted by atomic mass is 9.91. The number of hydrogen-bond acceptors (Lipinski definition) is 6. The van der Waals surface area contributed by atoms with Crippen molar-refractivity contribution < 1.29 is 22.4 Å². The molecule has 0 aliphatic rings. The number of amides is 2. The second kappa shape index (κ2) is 12.5. The van der Waals surface area contributed by atoms with Crippen LogP contribution in [-0.2, 0) is 26.2 Å². The molecule has 2 N–H and O–H groups in total. The van der Waals surface area contributed by atoms with Gasteiger partial charge in [-0.25, -0.2) is 8.42 Å². The van der Waals surface area contributed by atoms with Crippen LogP contribution in [0.5, 0.6) is 0 Å². The van der Waals surface area contributed by atoms with E-state index in [4.69, 9.17) is 4.42 Å². The molecule has 2 heterocycles. The van der Waals surface area contributed by atoms with Crippen molar-refractivity contribution in [2.24, 2.45) is 11.3 Å². The highest BCUT2D eigenvalue weighted by Gasteiger charge is 2.33. The summed E-state index contributed by atoms with van der Waals surface area (Å²) in [5.74, 6) is -0.422. The Morgan fingerprint density at radius 3 is 2.33 bits per heavy atom. The van der Waals surface area contributed by atoms with Crippen LogP contribution in [0.1, 0.15) is 66.9 Å². The maximum atomic E-state index is 13.5. The highest BCUT2D eigenvalue weighted by atomic mass is 32.2. The van der Waals surface area contributed by atoms with Gasteiger partial charge in [-0.05, 0) is 73.6 Å². The van der Waals surface area contributed by atoms with Crippen molar-refractivity contribution in [3.8, 4) is 0 Å². The van der Waals surface area contributed by atoms with Gasteiger partial charge >= 0.3 is 0 Å². The number of sulfonamides is 1. The summed E-state index contributed by atoms with van der Waals surface area (Å²) in [4.78, 5) is 32.7. The summed E-state index contributed by atoms with van der Waals surface area (Å²) in [7, 11) is -4.00. The molecule has 1 unspecified atom stereocenters. The van der Waals surface area contributed by atoms with Gasteiger partial charge in [-0.1, -0.05) is 34.6 Å². The zero-order chi connectivity index (χ0) is 29.7. The topological polar surface area (TPSA) is 122 Å². The van der Waals surface area contributed by atoms with Gasteiger partial charge < -0.3 is 14.6 Å². The molecular formula is C30H42N4O5S. The van der Waals surface area contributed by atoms with Crippen LogP contribution in [-0.4, -0.2) is 48.2 Å². The zero-order valence-corrected chi connectivity index (χ0v) is 25.3. The molecule has 40 heavy (non-hydrogen) atoms. The van der Waals surface area contributed by atoms with E-state index < -0.39 is 27.5 Å². The normalized spacial score (nSPS) is 13.4. The van der Waals surface area contributed by atoms with Gasteiger partial charge in [0.2, 0.25) is 21.8 Å². The molecule has 0 saturated carbocycles. The van der Waals surface area contributed by atoms with Crippen LogP contribution < -0.4 is 10.0 Å². The lowest BCUT2D eigenvalue weighted by molar-refractivity contribution is -0.136. The molecule has 3 aromatic rings. The van der Waals surface area contributed by atoms with Crippen molar-refractivity contribution in [2.75, 3.05) is 6.54 Å². The molecule has 0 bridgehead atoms. The van der Waals surface area contributed by atoms with Crippen molar-refractivity contribution in [2.45, 2.75) is 84.3 Å². The van der Waals surface area contributed by atoms with Crippen LogP contribution in [0.2, 0.25) is 0 Å². The predicted octanol–water partition coefficient (Wildman–Crippen LogP) is 4.88. The average molecular weight is 571 g/mol. The highest BCUT2D eigenvalue weighted by molar-refractivity contribution is 7.89. The quantitative estimate of drug-likeness (QED) is 0.320. The molecule has 10 heteroatoms. The number of aromatic nitrogens is 1. The molecule has 0 saturated heterocycles. The van der Waals surface area contributed by atoms with E-state index in [1.807, 2.05) is 60.6 Å². The van der Waals surface area contributed by atoms with E-state index in [1.165, 1.54) is 18.4 Å². The number of nitrogens with one attached hydrogen (secondary N) is 2. The van der Waals surface area contributed by atoms with Crippen LogP contribution in [0.15, 0.2) is 64.4 Å². The molecule has 0 aliphatic carbocycles. The van der Waals surface area contributed by atoms with E-state index in [1.54, 1.807) is 29.4 Å². The molecule has 9 nitrogen and oxygen atoms in total. The average Bonchev–Trinajstić information content (AvgIpc) is 3.30. The van der Waals surface area contributed by atoms with Gasteiger partial charge in [0.05, 0.1) is 16.7 Å². The molecular weight excluding hydrogens is 528 g/mol. The van der Waals surface area contributed by atoms with E-state index in [2.05, 4.69) is 15.0 Å². The Kier molecular flexibility index (Phi) is 9.79. The fourth-order valence-electron chi connectivity index (χ4n) is 4.49. The Morgan fingerprint density at radius 1 is 1.02 bits per heavy atom. The van der Waals surface area contributed by atoms with Crippen molar-refractivity contribution in [1.82, 2.24) is 19.9 Å². The number of fused-ring (bicyclic) bond motifs is 1. The fourth-order valence-corrected chi connectivity index (χ4v) is 5.73.